The van der Waals surface area contributed by atoms with Crippen molar-refractivity contribution in [3.8, 4) is 0 Å². The van der Waals surface area contributed by atoms with E-state index >= 15 is 0 Å². The SMILES string of the molecule is Nc1ccccc1CCN1CCCCCC1=O. The molecule has 0 aliphatic carbocycles. The number of para-hydroxylation sites is 1. The van der Waals surface area contributed by atoms with E-state index in [0.717, 1.165) is 43.6 Å². The molecule has 2 rings (SSSR count). The van der Waals surface area contributed by atoms with Crippen molar-refractivity contribution in [3.63, 3.8) is 0 Å². The maximum atomic E-state index is 11.8. The van der Waals surface area contributed by atoms with E-state index in [0.29, 0.717) is 12.3 Å². The number of nitrogen functional groups attached to an aromatic ring is 1. The summed E-state index contributed by atoms with van der Waals surface area (Å²) in [4.78, 5) is 13.8. The van der Waals surface area contributed by atoms with Crippen LogP contribution in [0.1, 0.15) is 31.2 Å². The van der Waals surface area contributed by atoms with Gasteiger partial charge in [0.05, 0.1) is 0 Å². The quantitative estimate of drug-likeness (QED) is 0.812. The molecule has 3 nitrogen and oxygen atoms in total. The fourth-order valence-electron chi connectivity index (χ4n) is 2.29. The van der Waals surface area contributed by atoms with Crippen LogP contribution in [0.4, 0.5) is 5.69 Å². The van der Waals surface area contributed by atoms with E-state index in [4.69, 9.17) is 5.73 Å². The zero-order chi connectivity index (χ0) is 12.1. The van der Waals surface area contributed by atoms with E-state index in [2.05, 4.69) is 0 Å². The smallest absolute Gasteiger partial charge is 0.222 e. The summed E-state index contributed by atoms with van der Waals surface area (Å²) in [5.74, 6) is 0.303. The number of hydrogen-bond donors (Lipinski definition) is 1. The van der Waals surface area contributed by atoms with Gasteiger partial charge in [-0.3, -0.25) is 4.79 Å². The third kappa shape index (κ3) is 3.22. The molecule has 1 aromatic rings. The van der Waals surface area contributed by atoms with Crippen LogP contribution in [0.5, 0.6) is 0 Å². The van der Waals surface area contributed by atoms with Gasteiger partial charge in [-0.15, -0.1) is 0 Å². The molecule has 1 aliphatic heterocycles. The number of carbonyl (C=O) groups is 1. The molecule has 1 heterocycles. The van der Waals surface area contributed by atoms with Crippen LogP contribution in [-0.2, 0) is 11.2 Å². The Bertz CT molecular complexity index is 390. The van der Waals surface area contributed by atoms with Crippen molar-refractivity contribution in [1.82, 2.24) is 4.90 Å². The molecular formula is C14H20N2O. The Morgan fingerprint density at radius 1 is 1.18 bits per heavy atom. The van der Waals surface area contributed by atoms with E-state index in [1.165, 1.54) is 6.42 Å². The predicted octanol–water partition coefficient (Wildman–Crippen LogP) is 2.21. The molecule has 0 atom stereocenters. The normalized spacial score (nSPS) is 16.9. The Kier molecular flexibility index (Phi) is 4.02. The van der Waals surface area contributed by atoms with Crippen molar-refractivity contribution in [2.45, 2.75) is 32.1 Å². The first-order valence-electron chi connectivity index (χ1n) is 6.38. The third-order valence-electron chi connectivity index (χ3n) is 3.38. The Balaban J connectivity index is 1.93. The summed E-state index contributed by atoms with van der Waals surface area (Å²) in [6, 6.07) is 7.89. The number of anilines is 1. The first-order chi connectivity index (χ1) is 8.27. The highest BCUT2D eigenvalue weighted by atomic mass is 16.2. The lowest BCUT2D eigenvalue weighted by Crippen LogP contribution is -2.32. The number of hydrogen-bond acceptors (Lipinski definition) is 2. The van der Waals surface area contributed by atoms with Crippen molar-refractivity contribution in [1.29, 1.82) is 0 Å². The van der Waals surface area contributed by atoms with Gasteiger partial charge in [0, 0.05) is 25.2 Å². The molecule has 1 saturated heterocycles. The summed E-state index contributed by atoms with van der Waals surface area (Å²) in [5.41, 5.74) is 7.87. The fourth-order valence-corrected chi connectivity index (χ4v) is 2.29. The second kappa shape index (κ2) is 5.71. The van der Waals surface area contributed by atoms with Gasteiger partial charge < -0.3 is 10.6 Å². The summed E-state index contributed by atoms with van der Waals surface area (Å²) in [6.07, 6.45) is 4.93. The van der Waals surface area contributed by atoms with Gasteiger partial charge in [0.25, 0.3) is 0 Å². The largest absolute Gasteiger partial charge is 0.399 e. The highest BCUT2D eigenvalue weighted by molar-refractivity contribution is 5.76. The second-order valence-electron chi connectivity index (χ2n) is 4.64. The van der Waals surface area contributed by atoms with Gasteiger partial charge in [-0.05, 0) is 30.9 Å². The van der Waals surface area contributed by atoms with Gasteiger partial charge in [0.1, 0.15) is 0 Å². The first-order valence-corrected chi connectivity index (χ1v) is 6.38. The highest BCUT2D eigenvalue weighted by Gasteiger charge is 2.16. The lowest BCUT2D eigenvalue weighted by Gasteiger charge is -2.20. The number of nitrogens with zero attached hydrogens (tertiary/aromatic N) is 1. The topological polar surface area (TPSA) is 46.3 Å². The molecule has 1 amide bonds. The molecule has 0 unspecified atom stereocenters. The molecular weight excluding hydrogens is 212 g/mol. The summed E-state index contributed by atoms with van der Waals surface area (Å²) in [7, 11) is 0. The monoisotopic (exact) mass is 232 g/mol. The standard InChI is InChI=1S/C14H20N2O/c15-13-7-4-3-6-12(13)9-11-16-10-5-1-2-8-14(16)17/h3-4,6-7H,1-2,5,8-11,15H2. The number of nitrogens with two attached hydrogens (primary N) is 1. The van der Waals surface area contributed by atoms with Crippen molar-refractivity contribution in [3.05, 3.63) is 29.8 Å². The molecule has 0 bridgehead atoms. The fraction of sp³-hybridized carbons (Fsp3) is 0.500. The van der Waals surface area contributed by atoms with Gasteiger partial charge in [0.2, 0.25) is 5.91 Å². The van der Waals surface area contributed by atoms with Crippen molar-refractivity contribution >= 4 is 11.6 Å². The maximum Gasteiger partial charge on any atom is 0.222 e. The lowest BCUT2D eigenvalue weighted by atomic mass is 10.1. The summed E-state index contributed by atoms with van der Waals surface area (Å²) in [5, 5.41) is 0. The number of likely N-dealkylation sites (tertiary alicyclic amines) is 1. The van der Waals surface area contributed by atoms with Crippen LogP contribution in [0.15, 0.2) is 24.3 Å². The van der Waals surface area contributed by atoms with Crippen molar-refractivity contribution < 1.29 is 4.79 Å². The number of benzene rings is 1. The van der Waals surface area contributed by atoms with Gasteiger partial charge in [-0.2, -0.15) is 0 Å². The minimum absolute atomic E-state index is 0.303. The molecule has 0 spiro atoms. The van der Waals surface area contributed by atoms with E-state index in [1.807, 2.05) is 29.2 Å². The van der Waals surface area contributed by atoms with Crippen LogP contribution in [0.3, 0.4) is 0 Å². The Morgan fingerprint density at radius 2 is 2.00 bits per heavy atom. The average molecular weight is 232 g/mol. The number of amides is 1. The molecule has 17 heavy (non-hydrogen) atoms. The number of rotatable bonds is 3. The maximum absolute atomic E-state index is 11.8. The van der Waals surface area contributed by atoms with Gasteiger partial charge in [-0.1, -0.05) is 24.6 Å². The van der Waals surface area contributed by atoms with Crippen LogP contribution in [0.25, 0.3) is 0 Å². The van der Waals surface area contributed by atoms with Gasteiger partial charge >= 0.3 is 0 Å². The Labute approximate surface area is 103 Å². The van der Waals surface area contributed by atoms with Crippen LogP contribution >= 0.6 is 0 Å². The average Bonchev–Trinajstić information content (AvgIpc) is 2.53. The second-order valence-corrected chi connectivity index (χ2v) is 4.64. The third-order valence-corrected chi connectivity index (χ3v) is 3.38. The van der Waals surface area contributed by atoms with Crippen molar-refractivity contribution in [2.75, 3.05) is 18.8 Å². The van der Waals surface area contributed by atoms with Crippen molar-refractivity contribution in [2.24, 2.45) is 0 Å². The predicted molar refractivity (Wildman–Crippen MR) is 69.6 cm³/mol. The minimum atomic E-state index is 0.303. The number of carbonyl (C=O) groups excluding carboxylic acids is 1. The lowest BCUT2D eigenvalue weighted by molar-refractivity contribution is -0.130. The molecule has 1 aliphatic rings. The van der Waals surface area contributed by atoms with E-state index < -0.39 is 0 Å². The molecule has 1 fully saturated rings. The molecule has 0 saturated carbocycles. The first kappa shape index (κ1) is 12.0. The Hall–Kier alpha value is -1.51. The van der Waals surface area contributed by atoms with Crippen LogP contribution < -0.4 is 5.73 Å². The molecule has 1 aromatic carbocycles. The van der Waals surface area contributed by atoms with Gasteiger partial charge in [0.15, 0.2) is 0 Å². The summed E-state index contributed by atoms with van der Waals surface area (Å²) >= 11 is 0. The van der Waals surface area contributed by atoms with Gasteiger partial charge in [-0.25, -0.2) is 0 Å². The molecule has 0 aromatic heterocycles. The molecule has 2 N–H and O–H groups in total. The zero-order valence-corrected chi connectivity index (χ0v) is 10.2. The summed E-state index contributed by atoms with van der Waals surface area (Å²) < 4.78 is 0. The van der Waals surface area contributed by atoms with Crippen LogP contribution in [0.2, 0.25) is 0 Å². The van der Waals surface area contributed by atoms with Crippen LogP contribution in [-0.4, -0.2) is 23.9 Å². The van der Waals surface area contributed by atoms with E-state index in [9.17, 15) is 4.79 Å². The van der Waals surface area contributed by atoms with E-state index in [1.54, 1.807) is 0 Å². The molecule has 92 valence electrons. The Morgan fingerprint density at radius 3 is 2.82 bits per heavy atom. The zero-order valence-electron chi connectivity index (χ0n) is 10.2. The highest BCUT2D eigenvalue weighted by Crippen LogP contribution is 2.15. The minimum Gasteiger partial charge on any atom is -0.399 e. The summed E-state index contributed by atoms with van der Waals surface area (Å²) in [6.45, 7) is 1.71. The molecule has 3 heteroatoms. The van der Waals surface area contributed by atoms with Crippen LogP contribution in [0, 0.1) is 0 Å². The van der Waals surface area contributed by atoms with E-state index in [-0.39, 0.29) is 0 Å². The molecule has 0 radical (unpaired) electrons.